The summed E-state index contributed by atoms with van der Waals surface area (Å²) >= 11 is 0. The van der Waals surface area contributed by atoms with Crippen molar-refractivity contribution in [3.8, 4) is 0 Å². The first-order chi connectivity index (χ1) is 11.7. The van der Waals surface area contributed by atoms with Crippen molar-refractivity contribution in [2.24, 2.45) is 5.92 Å². The molecule has 0 aliphatic carbocycles. The summed E-state index contributed by atoms with van der Waals surface area (Å²) < 4.78 is 5.27. The third-order valence-electron chi connectivity index (χ3n) is 5.01. The van der Waals surface area contributed by atoms with Crippen LogP contribution >= 0.6 is 0 Å². The van der Waals surface area contributed by atoms with Crippen LogP contribution in [0, 0.1) is 5.92 Å². The molecule has 0 aliphatic heterocycles. The molecule has 24 heavy (non-hydrogen) atoms. The predicted molar refractivity (Wildman–Crippen MR) is 105 cm³/mol. The van der Waals surface area contributed by atoms with Crippen molar-refractivity contribution in [2.75, 3.05) is 6.61 Å². The molecular weight excluding hydrogens is 296 g/mol. The number of ether oxygens (including phenoxy) is 1. The zero-order chi connectivity index (χ0) is 17.9. The molecule has 1 atom stereocenters. The molecule has 0 heterocycles. The van der Waals surface area contributed by atoms with Gasteiger partial charge < -0.3 is 4.74 Å². The number of rotatable bonds is 18. The average molecular weight is 341 g/mol. The lowest BCUT2D eigenvalue weighted by Crippen LogP contribution is -2.14. The molecule has 0 amide bonds. The first kappa shape index (κ1) is 23.5. The van der Waals surface area contributed by atoms with Gasteiger partial charge in [0.15, 0.2) is 0 Å². The van der Waals surface area contributed by atoms with Crippen LogP contribution < -0.4 is 0 Å². The summed E-state index contributed by atoms with van der Waals surface area (Å²) in [7, 11) is 0. The highest BCUT2D eigenvalue weighted by Crippen LogP contribution is 2.13. The van der Waals surface area contributed by atoms with E-state index < -0.39 is 0 Å². The van der Waals surface area contributed by atoms with Gasteiger partial charge >= 0.3 is 5.97 Å². The fourth-order valence-corrected chi connectivity index (χ4v) is 2.96. The second-order valence-electron chi connectivity index (χ2n) is 7.43. The Labute approximate surface area is 152 Å². The van der Waals surface area contributed by atoms with E-state index in [-0.39, 0.29) is 11.9 Å². The van der Waals surface area contributed by atoms with Crippen molar-refractivity contribution >= 4 is 5.97 Å². The molecule has 0 aromatic carbocycles. The molecule has 0 saturated heterocycles. The number of carbonyl (C=O) groups is 1. The third kappa shape index (κ3) is 16.3. The van der Waals surface area contributed by atoms with Gasteiger partial charge in [0.2, 0.25) is 0 Å². The third-order valence-corrected chi connectivity index (χ3v) is 5.01. The maximum Gasteiger partial charge on any atom is 0.308 e. The molecule has 0 aromatic heterocycles. The molecule has 0 aromatic rings. The Hall–Kier alpha value is -0.530. The lowest BCUT2D eigenvalue weighted by molar-refractivity contribution is -0.148. The topological polar surface area (TPSA) is 26.3 Å². The van der Waals surface area contributed by atoms with E-state index in [1.165, 1.54) is 89.9 Å². The standard InChI is InChI=1S/C22H44O2/c1-4-6-7-8-9-10-11-12-13-14-15-16-17-18-19-20-24-22(23)21(3)5-2/h21H,4-20H2,1-3H3. The van der Waals surface area contributed by atoms with Crippen molar-refractivity contribution < 1.29 is 9.53 Å². The van der Waals surface area contributed by atoms with Gasteiger partial charge in [-0.3, -0.25) is 4.79 Å². The van der Waals surface area contributed by atoms with Gasteiger partial charge in [-0.05, 0) is 12.8 Å². The zero-order valence-electron chi connectivity index (χ0n) is 16.9. The molecular formula is C22H44O2. The van der Waals surface area contributed by atoms with Gasteiger partial charge in [0.25, 0.3) is 0 Å². The van der Waals surface area contributed by atoms with Crippen LogP contribution in [-0.4, -0.2) is 12.6 Å². The summed E-state index contributed by atoms with van der Waals surface area (Å²) in [6, 6.07) is 0. The van der Waals surface area contributed by atoms with Crippen LogP contribution in [0.15, 0.2) is 0 Å². The van der Waals surface area contributed by atoms with Gasteiger partial charge in [0.1, 0.15) is 0 Å². The fourth-order valence-electron chi connectivity index (χ4n) is 2.96. The molecule has 1 unspecified atom stereocenters. The maximum absolute atomic E-state index is 11.5. The minimum atomic E-state index is -0.0251. The van der Waals surface area contributed by atoms with Gasteiger partial charge in [-0.1, -0.05) is 111 Å². The lowest BCUT2D eigenvalue weighted by Gasteiger charge is -2.08. The largest absolute Gasteiger partial charge is 0.465 e. The Morgan fingerprint density at radius 3 is 1.42 bits per heavy atom. The van der Waals surface area contributed by atoms with E-state index in [0.29, 0.717) is 6.61 Å². The molecule has 0 saturated carbocycles. The van der Waals surface area contributed by atoms with Crippen LogP contribution in [0.4, 0.5) is 0 Å². The normalized spacial score (nSPS) is 12.3. The second-order valence-corrected chi connectivity index (χ2v) is 7.43. The number of hydrogen-bond acceptors (Lipinski definition) is 2. The van der Waals surface area contributed by atoms with Gasteiger partial charge in [-0.15, -0.1) is 0 Å². The van der Waals surface area contributed by atoms with Crippen molar-refractivity contribution in [1.82, 2.24) is 0 Å². The van der Waals surface area contributed by atoms with Gasteiger partial charge in [-0.25, -0.2) is 0 Å². The molecule has 0 rings (SSSR count). The lowest BCUT2D eigenvalue weighted by atomic mass is 10.0. The summed E-state index contributed by atoms with van der Waals surface area (Å²) in [6.45, 7) is 6.86. The monoisotopic (exact) mass is 340 g/mol. The second kappa shape index (κ2) is 18.8. The van der Waals surface area contributed by atoms with Crippen molar-refractivity contribution in [1.29, 1.82) is 0 Å². The SMILES string of the molecule is CCCCCCCCCCCCCCCCCOC(=O)C(C)CC. The molecule has 0 bridgehead atoms. The Kier molecular flexibility index (Phi) is 18.4. The number of esters is 1. The van der Waals surface area contributed by atoms with E-state index in [9.17, 15) is 4.79 Å². The highest BCUT2D eigenvalue weighted by Gasteiger charge is 2.10. The number of hydrogen-bond donors (Lipinski definition) is 0. The number of carbonyl (C=O) groups excluding carboxylic acids is 1. The maximum atomic E-state index is 11.5. The van der Waals surface area contributed by atoms with E-state index in [1.807, 2.05) is 13.8 Å². The molecule has 0 aliphatic rings. The molecule has 2 nitrogen and oxygen atoms in total. The van der Waals surface area contributed by atoms with Crippen LogP contribution in [0.3, 0.4) is 0 Å². The van der Waals surface area contributed by atoms with Crippen LogP contribution in [0.5, 0.6) is 0 Å². The zero-order valence-corrected chi connectivity index (χ0v) is 16.9. The molecule has 2 heteroatoms. The molecule has 0 radical (unpaired) electrons. The van der Waals surface area contributed by atoms with E-state index >= 15 is 0 Å². The van der Waals surface area contributed by atoms with E-state index in [0.717, 1.165) is 12.8 Å². The highest BCUT2D eigenvalue weighted by molar-refractivity contribution is 5.71. The highest BCUT2D eigenvalue weighted by atomic mass is 16.5. The average Bonchev–Trinajstić information content (AvgIpc) is 2.60. The number of unbranched alkanes of at least 4 members (excludes halogenated alkanes) is 14. The predicted octanol–water partition coefficient (Wildman–Crippen LogP) is 7.45. The summed E-state index contributed by atoms with van der Waals surface area (Å²) in [6.07, 6.45) is 21.3. The van der Waals surface area contributed by atoms with Crippen LogP contribution in [0.25, 0.3) is 0 Å². The van der Waals surface area contributed by atoms with Crippen LogP contribution in [0.1, 0.15) is 124 Å². The smallest absolute Gasteiger partial charge is 0.308 e. The molecule has 0 fully saturated rings. The van der Waals surface area contributed by atoms with E-state index in [1.54, 1.807) is 0 Å². The summed E-state index contributed by atoms with van der Waals surface area (Å²) in [5.41, 5.74) is 0. The van der Waals surface area contributed by atoms with Crippen molar-refractivity contribution in [2.45, 2.75) is 124 Å². The first-order valence-electron chi connectivity index (χ1n) is 10.9. The van der Waals surface area contributed by atoms with Gasteiger partial charge in [-0.2, -0.15) is 0 Å². The Morgan fingerprint density at radius 2 is 1.04 bits per heavy atom. The Balaban J connectivity index is 3.09. The molecule has 144 valence electrons. The summed E-state index contributed by atoms with van der Waals surface area (Å²) in [5.74, 6) is 0.0317. The molecule has 0 N–H and O–H groups in total. The summed E-state index contributed by atoms with van der Waals surface area (Å²) in [5, 5.41) is 0. The quantitative estimate of drug-likeness (QED) is 0.191. The Bertz CT molecular complexity index is 263. The Morgan fingerprint density at radius 1 is 0.667 bits per heavy atom. The van der Waals surface area contributed by atoms with E-state index in [2.05, 4.69) is 6.92 Å². The fraction of sp³-hybridized carbons (Fsp3) is 0.955. The van der Waals surface area contributed by atoms with Crippen molar-refractivity contribution in [3.05, 3.63) is 0 Å². The van der Waals surface area contributed by atoms with Gasteiger partial charge in [0, 0.05) is 0 Å². The van der Waals surface area contributed by atoms with Gasteiger partial charge in [0.05, 0.1) is 12.5 Å². The van der Waals surface area contributed by atoms with Crippen molar-refractivity contribution in [3.63, 3.8) is 0 Å². The minimum absolute atomic E-state index is 0.0251. The minimum Gasteiger partial charge on any atom is -0.465 e. The van der Waals surface area contributed by atoms with Crippen LogP contribution in [0.2, 0.25) is 0 Å². The van der Waals surface area contributed by atoms with Crippen LogP contribution in [-0.2, 0) is 9.53 Å². The van der Waals surface area contributed by atoms with E-state index in [4.69, 9.17) is 4.74 Å². The first-order valence-corrected chi connectivity index (χ1v) is 10.9. The summed E-state index contributed by atoms with van der Waals surface area (Å²) in [4.78, 5) is 11.5. The molecule has 0 spiro atoms.